The van der Waals surface area contributed by atoms with Gasteiger partial charge in [0.1, 0.15) is 6.67 Å². The molecule has 0 aromatic heterocycles. The van der Waals surface area contributed by atoms with Crippen LogP contribution >= 0.6 is 0 Å². The number of benzene rings is 1. The van der Waals surface area contributed by atoms with Gasteiger partial charge >= 0.3 is 0 Å². The lowest BCUT2D eigenvalue weighted by atomic mass is 10.1. The molecule has 0 spiro atoms. The van der Waals surface area contributed by atoms with E-state index in [0.717, 1.165) is 6.07 Å². The van der Waals surface area contributed by atoms with E-state index in [1.165, 1.54) is 0 Å². The van der Waals surface area contributed by atoms with E-state index in [9.17, 15) is 17.6 Å². The largest absolute Gasteiger partial charge is 0.322 e. The van der Waals surface area contributed by atoms with Crippen molar-refractivity contribution < 1.29 is 17.6 Å². The van der Waals surface area contributed by atoms with Crippen molar-refractivity contribution in [2.75, 3.05) is 6.67 Å². The Bertz CT molecular complexity index is 313. The highest BCUT2D eigenvalue weighted by atomic mass is 19.2. The van der Waals surface area contributed by atoms with Crippen molar-refractivity contribution in [1.82, 2.24) is 0 Å². The molecular formula is C8H7F4N. The Hall–Kier alpha value is -1.10. The average molecular weight is 193 g/mol. The third-order valence-corrected chi connectivity index (χ3v) is 1.63. The summed E-state index contributed by atoms with van der Waals surface area (Å²) in [5, 5.41) is 0. The van der Waals surface area contributed by atoms with Crippen LogP contribution in [-0.4, -0.2) is 6.67 Å². The van der Waals surface area contributed by atoms with Crippen LogP contribution in [0.15, 0.2) is 12.1 Å². The second-order valence-electron chi connectivity index (χ2n) is 2.53. The summed E-state index contributed by atoms with van der Waals surface area (Å²) < 4.78 is 49.8. The summed E-state index contributed by atoms with van der Waals surface area (Å²) in [6, 6.07) is 0.386. The SMILES string of the molecule is NC(CF)c1ccc(F)c(F)c1F. The lowest BCUT2D eigenvalue weighted by Gasteiger charge is -2.08. The number of hydrogen-bond donors (Lipinski definition) is 1. The lowest BCUT2D eigenvalue weighted by Crippen LogP contribution is -2.15. The molecule has 0 heterocycles. The first-order chi connectivity index (χ1) is 6.07. The molecule has 0 saturated heterocycles. The fourth-order valence-electron chi connectivity index (χ4n) is 0.910. The second kappa shape index (κ2) is 3.74. The zero-order chi connectivity index (χ0) is 10.0. The topological polar surface area (TPSA) is 26.0 Å². The molecule has 0 radical (unpaired) electrons. The van der Waals surface area contributed by atoms with E-state index in [4.69, 9.17) is 5.73 Å². The third kappa shape index (κ3) is 1.80. The van der Waals surface area contributed by atoms with Crippen LogP contribution in [0, 0.1) is 17.5 Å². The quantitative estimate of drug-likeness (QED) is 0.564. The summed E-state index contributed by atoms with van der Waals surface area (Å²) in [5.74, 6) is -4.36. The van der Waals surface area contributed by atoms with Gasteiger partial charge in [0, 0.05) is 5.56 Å². The lowest BCUT2D eigenvalue weighted by molar-refractivity contribution is 0.403. The summed E-state index contributed by atoms with van der Waals surface area (Å²) in [5.41, 5.74) is 4.75. The van der Waals surface area contributed by atoms with E-state index in [1.54, 1.807) is 0 Å². The highest BCUT2D eigenvalue weighted by molar-refractivity contribution is 5.23. The highest BCUT2D eigenvalue weighted by Crippen LogP contribution is 2.19. The highest BCUT2D eigenvalue weighted by Gasteiger charge is 2.17. The van der Waals surface area contributed by atoms with Crippen LogP contribution in [0.25, 0.3) is 0 Å². The molecule has 1 atom stereocenters. The van der Waals surface area contributed by atoms with Gasteiger partial charge in [-0.2, -0.15) is 0 Å². The van der Waals surface area contributed by atoms with Gasteiger partial charge in [-0.1, -0.05) is 6.07 Å². The van der Waals surface area contributed by atoms with Gasteiger partial charge in [0.25, 0.3) is 0 Å². The molecule has 1 unspecified atom stereocenters. The summed E-state index contributed by atoms with van der Waals surface area (Å²) in [6.45, 7) is -1.03. The van der Waals surface area contributed by atoms with Crippen molar-refractivity contribution in [3.63, 3.8) is 0 Å². The fraction of sp³-hybridized carbons (Fsp3) is 0.250. The summed E-state index contributed by atoms with van der Waals surface area (Å²) in [6.07, 6.45) is 0. The Morgan fingerprint density at radius 2 is 1.77 bits per heavy atom. The molecule has 1 aromatic carbocycles. The predicted octanol–water partition coefficient (Wildman–Crippen LogP) is 2.07. The Morgan fingerprint density at radius 1 is 1.15 bits per heavy atom. The van der Waals surface area contributed by atoms with Gasteiger partial charge in [-0.25, -0.2) is 17.6 Å². The first-order valence-electron chi connectivity index (χ1n) is 3.53. The van der Waals surface area contributed by atoms with Gasteiger partial charge in [-0.15, -0.1) is 0 Å². The number of alkyl halides is 1. The molecule has 1 rings (SSSR count). The molecule has 1 nitrogen and oxygen atoms in total. The maximum absolute atomic E-state index is 12.8. The molecule has 0 aliphatic carbocycles. The van der Waals surface area contributed by atoms with Gasteiger partial charge in [0.2, 0.25) is 0 Å². The van der Waals surface area contributed by atoms with E-state index in [0.29, 0.717) is 6.07 Å². The van der Waals surface area contributed by atoms with E-state index in [1.807, 2.05) is 0 Å². The molecule has 0 saturated carbocycles. The minimum absolute atomic E-state index is 0.360. The van der Waals surface area contributed by atoms with Gasteiger partial charge < -0.3 is 5.73 Å². The minimum Gasteiger partial charge on any atom is -0.322 e. The smallest absolute Gasteiger partial charge is 0.194 e. The van der Waals surface area contributed by atoms with Crippen LogP contribution < -0.4 is 5.73 Å². The Kier molecular flexibility index (Phi) is 2.87. The summed E-state index contributed by atoms with van der Waals surface area (Å²) >= 11 is 0. The molecular weight excluding hydrogens is 186 g/mol. The molecule has 0 bridgehead atoms. The van der Waals surface area contributed by atoms with Crippen LogP contribution in [0.4, 0.5) is 17.6 Å². The molecule has 0 amide bonds. The first kappa shape index (κ1) is 9.98. The molecule has 0 aliphatic rings. The van der Waals surface area contributed by atoms with Crippen LogP contribution in [0.3, 0.4) is 0 Å². The standard InChI is InChI=1S/C8H7F4N/c9-3-6(13)4-1-2-5(10)8(12)7(4)11/h1-2,6H,3,13H2. The van der Waals surface area contributed by atoms with E-state index in [-0.39, 0.29) is 5.56 Å². The van der Waals surface area contributed by atoms with Crippen molar-refractivity contribution >= 4 is 0 Å². The maximum atomic E-state index is 12.8. The maximum Gasteiger partial charge on any atom is 0.194 e. The summed E-state index contributed by atoms with van der Waals surface area (Å²) in [4.78, 5) is 0. The number of halogens is 4. The third-order valence-electron chi connectivity index (χ3n) is 1.63. The molecule has 5 heteroatoms. The normalized spacial score (nSPS) is 13.0. The van der Waals surface area contributed by atoms with Crippen LogP contribution in [0.1, 0.15) is 11.6 Å². The van der Waals surface area contributed by atoms with Gasteiger partial charge in [-0.3, -0.25) is 0 Å². The first-order valence-corrected chi connectivity index (χ1v) is 3.53. The van der Waals surface area contributed by atoms with Crippen molar-refractivity contribution in [3.05, 3.63) is 35.1 Å². The van der Waals surface area contributed by atoms with Crippen molar-refractivity contribution in [2.45, 2.75) is 6.04 Å². The Balaban J connectivity index is 3.18. The Labute approximate surface area is 72.2 Å². The van der Waals surface area contributed by atoms with Gasteiger partial charge in [0.15, 0.2) is 17.5 Å². The predicted molar refractivity (Wildman–Crippen MR) is 39.2 cm³/mol. The van der Waals surface area contributed by atoms with Gasteiger partial charge in [0.05, 0.1) is 6.04 Å². The second-order valence-corrected chi connectivity index (χ2v) is 2.53. The fourth-order valence-corrected chi connectivity index (χ4v) is 0.910. The monoisotopic (exact) mass is 193 g/mol. The van der Waals surface area contributed by atoms with Crippen molar-refractivity contribution in [1.29, 1.82) is 0 Å². The Morgan fingerprint density at radius 3 is 2.31 bits per heavy atom. The average Bonchev–Trinajstić information content (AvgIpc) is 2.13. The van der Waals surface area contributed by atoms with E-state index in [2.05, 4.69) is 0 Å². The molecule has 0 fully saturated rings. The zero-order valence-corrected chi connectivity index (χ0v) is 6.53. The van der Waals surface area contributed by atoms with E-state index >= 15 is 0 Å². The van der Waals surface area contributed by atoms with Crippen LogP contribution in [-0.2, 0) is 0 Å². The number of rotatable bonds is 2. The van der Waals surface area contributed by atoms with Crippen molar-refractivity contribution in [3.8, 4) is 0 Å². The van der Waals surface area contributed by atoms with Crippen LogP contribution in [0.5, 0.6) is 0 Å². The van der Waals surface area contributed by atoms with E-state index < -0.39 is 30.2 Å². The summed E-state index contributed by atoms with van der Waals surface area (Å²) in [7, 11) is 0. The number of hydrogen-bond acceptors (Lipinski definition) is 1. The molecule has 0 aliphatic heterocycles. The van der Waals surface area contributed by atoms with Gasteiger partial charge in [-0.05, 0) is 6.07 Å². The zero-order valence-electron chi connectivity index (χ0n) is 6.53. The number of nitrogens with two attached hydrogens (primary N) is 1. The molecule has 72 valence electrons. The molecule has 1 aromatic rings. The minimum atomic E-state index is -1.62. The van der Waals surface area contributed by atoms with Crippen LogP contribution in [0.2, 0.25) is 0 Å². The van der Waals surface area contributed by atoms with Crippen molar-refractivity contribution in [2.24, 2.45) is 5.73 Å². The molecule has 2 N–H and O–H groups in total. The molecule has 13 heavy (non-hydrogen) atoms.